The number of rotatable bonds is 7. The molecule has 1 heterocycles. The maximum absolute atomic E-state index is 13.0. The number of nitrogens with one attached hydrogen (secondary N) is 2. The fraction of sp³-hybridized carbons (Fsp3) is 0.636. The van der Waals surface area contributed by atoms with Crippen LogP contribution in [-0.4, -0.2) is 48.1 Å². The Hall–Kier alpha value is -2.08. The average Bonchev–Trinajstić information content (AvgIpc) is 2.73. The van der Waals surface area contributed by atoms with E-state index in [9.17, 15) is 9.59 Å². The van der Waals surface area contributed by atoms with Crippen molar-refractivity contribution in [2.24, 2.45) is 5.73 Å². The summed E-state index contributed by atoms with van der Waals surface area (Å²) in [6, 6.07) is 8.40. The zero-order valence-electron chi connectivity index (χ0n) is 16.8. The van der Waals surface area contributed by atoms with Gasteiger partial charge in [-0.1, -0.05) is 56.0 Å². The third-order valence-electron chi connectivity index (χ3n) is 6.32. The van der Waals surface area contributed by atoms with Gasteiger partial charge in [-0.3, -0.25) is 9.69 Å². The maximum Gasteiger partial charge on any atom is 0.312 e. The van der Waals surface area contributed by atoms with Crippen molar-refractivity contribution in [1.29, 1.82) is 0 Å². The van der Waals surface area contributed by atoms with Gasteiger partial charge in [-0.25, -0.2) is 4.79 Å². The number of primary amides is 1. The molecule has 1 aromatic carbocycles. The molecule has 0 radical (unpaired) electrons. The molecule has 6 nitrogen and oxygen atoms in total. The highest BCUT2D eigenvalue weighted by Crippen LogP contribution is 2.35. The Morgan fingerprint density at radius 1 is 1.00 bits per heavy atom. The number of benzene rings is 1. The zero-order chi connectivity index (χ0) is 19.8. The Morgan fingerprint density at radius 2 is 1.64 bits per heavy atom. The molecule has 2 aliphatic rings. The predicted molar refractivity (Wildman–Crippen MR) is 111 cm³/mol. The molecule has 0 aromatic heterocycles. The minimum Gasteiger partial charge on any atom is -0.352 e. The molecule has 1 aromatic rings. The Labute approximate surface area is 168 Å². The van der Waals surface area contributed by atoms with Crippen molar-refractivity contribution in [2.45, 2.75) is 69.4 Å². The van der Waals surface area contributed by atoms with E-state index in [1.807, 2.05) is 30.3 Å². The van der Waals surface area contributed by atoms with Crippen LogP contribution in [0, 0.1) is 0 Å². The lowest BCUT2D eigenvalue weighted by atomic mass is 9.79. The number of piperidine rings is 1. The summed E-state index contributed by atoms with van der Waals surface area (Å²) in [6.45, 7) is 2.91. The highest BCUT2D eigenvalue weighted by atomic mass is 16.2. The summed E-state index contributed by atoms with van der Waals surface area (Å²) in [5.74, 6) is -0.149. The van der Waals surface area contributed by atoms with Crippen molar-refractivity contribution in [3.63, 3.8) is 0 Å². The summed E-state index contributed by atoms with van der Waals surface area (Å²) in [4.78, 5) is 27.0. The second-order valence-corrected chi connectivity index (χ2v) is 8.30. The summed E-state index contributed by atoms with van der Waals surface area (Å²) in [5, 5.41) is 5.79. The van der Waals surface area contributed by atoms with Gasteiger partial charge >= 0.3 is 6.03 Å². The van der Waals surface area contributed by atoms with Crippen LogP contribution in [0.4, 0.5) is 4.79 Å². The van der Waals surface area contributed by atoms with Crippen LogP contribution in [0.25, 0.3) is 0 Å². The Kier molecular flexibility index (Phi) is 7.31. The first-order valence-corrected chi connectivity index (χ1v) is 10.7. The molecule has 0 unspecified atom stereocenters. The molecular formula is C22H34N4O2. The van der Waals surface area contributed by atoms with E-state index in [2.05, 4.69) is 15.5 Å². The fourth-order valence-electron chi connectivity index (χ4n) is 4.79. The molecule has 3 amide bonds. The van der Waals surface area contributed by atoms with Gasteiger partial charge in [0, 0.05) is 18.5 Å². The van der Waals surface area contributed by atoms with Crippen LogP contribution in [0.1, 0.15) is 56.9 Å². The molecule has 6 heteroatoms. The van der Waals surface area contributed by atoms with Crippen LogP contribution in [0.15, 0.2) is 30.3 Å². The lowest BCUT2D eigenvalue weighted by molar-refractivity contribution is -0.123. The predicted octanol–water partition coefficient (Wildman–Crippen LogP) is 2.57. The molecule has 1 saturated carbocycles. The first-order chi connectivity index (χ1) is 13.6. The average molecular weight is 387 g/mol. The van der Waals surface area contributed by atoms with Gasteiger partial charge in [0.05, 0.1) is 0 Å². The number of nitrogens with zero attached hydrogens (tertiary/aromatic N) is 1. The molecule has 1 aliphatic carbocycles. The van der Waals surface area contributed by atoms with Gasteiger partial charge in [-0.2, -0.15) is 0 Å². The summed E-state index contributed by atoms with van der Waals surface area (Å²) < 4.78 is 0. The summed E-state index contributed by atoms with van der Waals surface area (Å²) in [7, 11) is 0. The Morgan fingerprint density at radius 3 is 2.29 bits per heavy atom. The summed E-state index contributed by atoms with van der Waals surface area (Å²) >= 11 is 0. The number of nitrogens with two attached hydrogens (primary N) is 1. The van der Waals surface area contributed by atoms with E-state index < -0.39 is 12.1 Å². The molecule has 154 valence electrons. The van der Waals surface area contributed by atoms with Crippen molar-refractivity contribution in [3.8, 4) is 0 Å². The maximum atomic E-state index is 13.0. The van der Waals surface area contributed by atoms with Gasteiger partial charge in [0.15, 0.2) is 0 Å². The van der Waals surface area contributed by atoms with Crippen LogP contribution in [0.5, 0.6) is 0 Å². The Balaban J connectivity index is 1.65. The third kappa shape index (κ3) is 5.47. The van der Waals surface area contributed by atoms with E-state index >= 15 is 0 Å². The highest BCUT2D eigenvalue weighted by Gasteiger charge is 2.39. The summed E-state index contributed by atoms with van der Waals surface area (Å²) in [6.07, 6.45) is 10.2. The van der Waals surface area contributed by atoms with E-state index in [-0.39, 0.29) is 11.4 Å². The minimum atomic E-state index is -0.667. The summed E-state index contributed by atoms with van der Waals surface area (Å²) in [5.41, 5.74) is 6.40. The van der Waals surface area contributed by atoms with Crippen molar-refractivity contribution in [3.05, 3.63) is 35.9 Å². The number of hydrogen-bond donors (Lipinski definition) is 3. The number of likely N-dealkylation sites (tertiary alicyclic amines) is 1. The monoisotopic (exact) mass is 386 g/mol. The van der Waals surface area contributed by atoms with Gasteiger partial charge in [-0.15, -0.1) is 0 Å². The van der Waals surface area contributed by atoms with Gasteiger partial charge in [0.2, 0.25) is 5.91 Å². The highest BCUT2D eigenvalue weighted by molar-refractivity contribution is 5.86. The molecule has 28 heavy (non-hydrogen) atoms. The lowest BCUT2D eigenvalue weighted by Crippen LogP contribution is -2.60. The van der Waals surface area contributed by atoms with Gasteiger partial charge in [0.25, 0.3) is 0 Å². The smallest absolute Gasteiger partial charge is 0.312 e. The Bertz CT molecular complexity index is 637. The second kappa shape index (κ2) is 9.92. The van der Waals surface area contributed by atoms with Gasteiger partial charge in [0.1, 0.15) is 6.04 Å². The SMILES string of the molecule is NC(=O)N[C@H](Cc1ccccc1)C(=O)NCC1(N2CCCCC2)CCCCC1. The minimum absolute atomic E-state index is 0.0678. The lowest BCUT2D eigenvalue weighted by Gasteiger charge is -2.48. The van der Waals surface area contributed by atoms with Crippen molar-refractivity contribution in [1.82, 2.24) is 15.5 Å². The molecule has 4 N–H and O–H groups in total. The molecule has 0 spiro atoms. The molecule has 1 saturated heterocycles. The first-order valence-electron chi connectivity index (χ1n) is 10.7. The standard InChI is InChI=1S/C22H34N4O2/c23-21(28)25-19(16-18-10-4-1-5-11-18)20(27)24-17-22(12-6-2-7-13-22)26-14-8-3-9-15-26/h1,4-5,10-11,19H,2-3,6-9,12-17H2,(H,24,27)(H3,23,25,28)/t19-/m1/s1. The van der Waals surface area contributed by atoms with Crippen LogP contribution >= 0.6 is 0 Å². The molecule has 1 aliphatic heterocycles. The number of carbonyl (C=O) groups is 2. The van der Waals surface area contributed by atoms with Gasteiger partial charge < -0.3 is 16.4 Å². The zero-order valence-corrected chi connectivity index (χ0v) is 16.8. The molecule has 1 atom stereocenters. The van der Waals surface area contributed by atoms with Crippen LogP contribution in [0.3, 0.4) is 0 Å². The number of carbonyl (C=O) groups excluding carboxylic acids is 2. The number of urea groups is 1. The van der Waals surface area contributed by atoms with E-state index in [0.29, 0.717) is 13.0 Å². The van der Waals surface area contributed by atoms with E-state index in [1.165, 1.54) is 38.5 Å². The number of hydrogen-bond acceptors (Lipinski definition) is 3. The van der Waals surface area contributed by atoms with Crippen molar-refractivity contribution >= 4 is 11.9 Å². The molecular weight excluding hydrogens is 352 g/mol. The van der Waals surface area contributed by atoms with Crippen LogP contribution < -0.4 is 16.4 Å². The van der Waals surface area contributed by atoms with Gasteiger partial charge in [-0.05, 0) is 44.3 Å². The molecule has 0 bridgehead atoms. The quantitative estimate of drug-likeness (QED) is 0.673. The van der Waals surface area contributed by atoms with Crippen molar-refractivity contribution < 1.29 is 9.59 Å². The molecule has 2 fully saturated rings. The second-order valence-electron chi connectivity index (χ2n) is 8.30. The van der Waals surface area contributed by atoms with E-state index in [1.54, 1.807) is 0 Å². The normalized spacial score (nSPS) is 20.9. The van der Waals surface area contributed by atoms with E-state index in [4.69, 9.17) is 5.73 Å². The van der Waals surface area contributed by atoms with Crippen LogP contribution in [-0.2, 0) is 11.2 Å². The fourth-order valence-corrected chi connectivity index (χ4v) is 4.79. The third-order valence-corrected chi connectivity index (χ3v) is 6.32. The topological polar surface area (TPSA) is 87.5 Å². The largest absolute Gasteiger partial charge is 0.352 e. The van der Waals surface area contributed by atoms with Crippen molar-refractivity contribution in [2.75, 3.05) is 19.6 Å². The first kappa shape index (κ1) is 20.6. The van der Waals surface area contributed by atoms with E-state index in [0.717, 1.165) is 31.5 Å². The van der Waals surface area contributed by atoms with Crippen LogP contribution in [0.2, 0.25) is 0 Å². The number of amides is 3. The molecule has 3 rings (SSSR count).